The van der Waals surface area contributed by atoms with Crippen LogP contribution in [0, 0.1) is 0 Å². The van der Waals surface area contributed by atoms with E-state index in [0.29, 0.717) is 12.0 Å². The Hall–Kier alpha value is -1.91. The molecule has 0 saturated heterocycles. The van der Waals surface area contributed by atoms with Gasteiger partial charge in [0.2, 0.25) is 0 Å². The number of amides is 1. The lowest BCUT2D eigenvalue weighted by Crippen LogP contribution is -2.32. The van der Waals surface area contributed by atoms with E-state index < -0.39 is 5.97 Å². The molecule has 0 spiro atoms. The molecule has 1 aromatic heterocycles. The van der Waals surface area contributed by atoms with E-state index >= 15 is 0 Å². The second-order valence-corrected chi connectivity index (χ2v) is 3.54. The van der Waals surface area contributed by atoms with Crippen molar-refractivity contribution in [1.82, 2.24) is 10.3 Å². The van der Waals surface area contributed by atoms with Gasteiger partial charge in [-0.2, -0.15) is 0 Å². The quantitative estimate of drug-likeness (QED) is 0.780. The van der Waals surface area contributed by atoms with E-state index in [1.54, 1.807) is 19.1 Å². The Morgan fingerprint density at radius 1 is 1.44 bits per heavy atom. The van der Waals surface area contributed by atoms with Crippen molar-refractivity contribution in [3.05, 3.63) is 30.1 Å². The fourth-order valence-electron chi connectivity index (χ4n) is 1.22. The summed E-state index contributed by atoms with van der Waals surface area (Å²) >= 11 is 0. The van der Waals surface area contributed by atoms with Crippen LogP contribution in [0.25, 0.3) is 0 Å². The number of carboxylic acids is 1. The maximum atomic E-state index is 11.6. The SMILES string of the molecule is C[C@H](CCC(=O)O)NC(=O)c1ccncc1. The molecule has 1 aromatic rings. The first kappa shape index (κ1) is 12.2. The smallest absolute Gasteiger partial charge is 0.303 e. The second-order valence-electron chi connectivity index (χ2n) is 3.54. The van der Waals surface area contributed by atoms with Gasteiger partial charge in [-0.3, -0.25) is 14.6 Å². The normalized spacial score (nSPS) is 11.8. The number of nitrogens with one attached hydrogen (secondary N) is 1. The van der Waals surface area contributed by atoms with Gasteiger partial charge in [0, 0.05) is 30.4 Å². The molecule has 2 N–H and O–H groups in total. The molecule has 0 unspecified atom stereocenters. The van der Waals surface area contributed by atoms with Crippen molar-refractivity contribution in [3.63, 3.8) is 0 Å². The maximum Gasteiger partial charge on any atom is 0.303 e. The number of carboxylic acid groups (broad SMARTS) is 1. The average Bonchev–Trinajstić information content (AvgIpc) is 2.27. The van der Waals surface area contributed by atoms with Crippen LogP contribution in [0.5, 0.6) is 0 Å². The van der Waals surface area contributed by atoms with E-state index in [-0.39, 0.29) is 18.4 Å². The van der Waals surface area contributed by atoms with Gasteiger partial charge in [0.05, 0.1) is 0 Å². The van der Waals surface area contributed by atoms with Gasteiger partial charge in [-0.25, -0.2) is 0 Å². The van der Waals surface area contributed by atoms with Crippen LogP contribution in [-0.4, -0.2) is 28.0 Å². The van der Waals surface area contributed by atoms with E-state index in [1.165, 1.54) is 12.4 Å². The molecule has 1 amide bonds. The molecule has 1 atom stereocenters. The predicted molar refractivity (Wildman–Crippen MR) is 58.0 cm³/mol. The fraction of sp³-hybridized carbons (Fsp3) is 0.364. The highest BCUT2D eigenvalue weighted by Gasteiger charge is 2.10. The molecular weight excluding hydrogens is 208 g/mol. The molecule has 0 aliphatic carbocycles. The summed E-state index contributed by atoms with van der Waals surface area (Å²) in [5, 5.41) is 11.2. The number of pyridine rings is 1. The van der Waals surface area contributed by atoms with Crippen LogP contribution >= 0.6 is 0 Å². The van der Waals surface area contributed by atoms with Crippen LogP contribution < -0.4 is 5.32 Å². The summed E-state index contributed by atoms with van der Waals surface area (Å²) in [7, 11) is 0. The number of nitrogens with zero attached hydrogens (tertiary/aromatic N) is 1. The molecule has 0 fully saturated rings. The van der Waals surface area contributed by atoms with Crippen molar-refractivity contribution in [2.45, 2.75) is 25.8 Å². The lowest BCUT2D eigenvalue weighted by atomic mass is 10.1. The highest BCUT2D eigenvalue weighted by atomic mass is 16.4. The molecule has 16 heavy (non-hydrogen) atoms. The van der Waals surface area contributed by atoms with E-state index in [1.807, 2.05) is 0 Å². The Morgan fingerprint density at radius 3 is 2.62 bits per heavy atom. The van der Waals surface area contributed by atoms with Gasteiger partial charge in [-0.05, 0) is 25.5 Å². The molecule has 86 valence electrons. The summed E-state index contributed by atoms with van der Waals surface area (Å²) in [4.78, 5) is 25.8. The summed E-state index contributed by atoms with van der Waals surface area (Å²) in [6.45, 7) is 1.78. The van der Waals surface area contributed by atoms with Gasteiger partial charge in [0.25, 0.3) is 5.91 Å². The Balaban J connectivity index is 2.43. The minimum absolute atomic E-state index is 0.0534. The van der Waals surface area contributed by atoms with Crippen LogP contribution in [0.15, 0.2) is 24.5 Å². The minimum atomic E-state index is -0.856. The number of carbonyl (C=O) groups is 2. The summed E-state index contributed by atoms with van der Waals surface area (Å²) in [6.07, 6.45) is 3.55. The highest BCUT2D eigenvalue weighted by molar-refractivity contribution is 5.94. The third-order valence-corrected chi connectivity index (χ3v) is 2.11. The third-order valence-electron chi connectivity index (χ3n) is 2.11. The summed E-state index contributed by atoms with van der Waals surface area (Å²) in [6, 6.07) is 3.06. The zero-order chi connectivity index (χ0) is 12.0. The maximum absolute atomic E-state index is 11.6. The Labute approximate surface area is 93.5 Å². The molecule has 0 bridgehead atoms. The predicted octanol–water partition coefficient (Wildman–Crippen LogP) is 1.06. The lowest BCUT2D eigenvalue weighted by Gasteiger charge is -2.12. The van der Waals surface area contributed by atoms with Crippen LogP contribution in [0.4, 0.5) is 0 Å². The zero-order valence-electron chi connectivity index (χ0n) is 9.01. The van der Waals surface area contributed by atoms with Crippen molar-refractivity contribution in [3.8, 4) is 0 Å². The molecule has 5 heteroatoms. The van der Waals surface area contributed by atoms with Crippen LogP contribution in [0.1, 0.15) is 30.1 Å². The molecular formula is C11H14N2O3. The molecule has 0 radical (unpaired) electrons. The minimum Gasteiger partial charge on any atom is -0.481 e. The second kappa shape index (κ2) is 5.85. The van der Waals surface area contributed by atoms with Gasteiger partial charge in [0.15, 0.2) is 0 Å². The molecule has 1 heterocycles. The van der Waals surface area contributed by atoms with E-state index in [0.717, 1.165) is 0 Å². The van der Waals surface area contributed by atoms with Crippen LogP contribution in [0.3, 0.4) is 0 Å². The van der Waals surface area contributed by atoms with Gasteiger partial charge < -0.3 is 10.4 Å². The Bertz CT molecular complexity index is 365. The van der Waals surface area contributed by atoms with E-state index in [2.05, 4.69) is 10.3 Å². The first-order chi connectivity index (χ1) is 7.59. The third kappa shape index (κ3) is 4.08. The first-order valence-corrected chi connectivity index (χ1v) is 5.02. The van der Waals surface area contributed by atoms with Crippen molar-refractivity contribution in [2.75, 3.05) is 0 Å². The summed E-state index contributed by atoms with van der Waals surface area (Å²) in [5.74, 6) is -1.06. The average molecular weight is 222 g/mol. The highest BCUT2D eigenvalue weighted by Crippen LogP contribution is 2.00. The van der Waals surface area contributed by atoms with Gasteiger partial charge in [-0.15, -0.1) is 0 Å². The topological polar surface area (TPSA) is 79.3 Å². The first-order valence-electron chi connectivity index (χ1n) is 5.02. The Kier molecular flexibility index (Phi) is 4.44. The molecule has 0 aliphatic rings. The molecule has 0 saturated carbocycles. The van der Waals surface area contributed by atoms with Crippen molar-refractivity contribution in [1.29, 1.82) is 0 Å². The van der Waals surface area contributed by atoms with Gasteiger partial charge in [0.1, 0.15) is 0 Å². The molecule has 0 aliphatic heterocycles. The van der Waals surface area contributed by atoms with Gasteiger partial charge >= 0.3 is 5.97 Å². The fourth-order valence-corrected chi connectivity index (χ4v) is 1.22. The lowest BCUT2D eigenvalue weighted by molar-refractivity contribution is -0.137. The summed E-state index contributed by atoms with van der Waals surface area (Å²) < 4.78 is 0. The zero-order valence-corrected chi connectivity index (χ0v) is 9.01. The van der Waals surface area contributed by atoms with Gasteiger partial charge in [-0.1, -0.05) is 0 Å². The number of aromatic nitrogens is 1. The monoisotopic (exact) mass is 222 g/mol. The number of carbonyl (C=O) groups excluding carboxylic acids is 1. The molecule has 1 rings (SSSR count). The van der Waals surface area contributed by atoms with Crippen molar-refractivity contribution in [2.24, 2.45) is 0 Å². The van der Waals surface area contributed by atoms with Crippen LogP contribution in [-0.2, 0) is 4.79 Å². The van der Waals surface area contributed by atoms with Crippen molar-refractivity contribution >= 4 is 11.9 Å². The molecule has 5 nitrogen and oxygen atoms in total. The number of hydrogen-bond acceptors (Lipinski definition) is 3. The van der Waals surface area contributed by atoms with E-state index in [9.17, 15) is 9.59 Å². The standard InChI is InChI=1S/C11H14N2O3/c1-8(2-3-10(14)15)13-11(16)9-4-6-12-7-5-9/h4-8H,2-3H2,1H3,(H,13,16)(H,14,15)/t8-/m1/s1. The Morgan fingerprint density at radius 2 is 2.06 bits per heavy atom. The number of hydrogen-bond donors (Lipinski definition) is 2. The largest absolute Gasteiger partial charge is 0.481 e. The van der Waals surface area contributed by atoms with Crippen molar-refractivity contribution < 1.29 is 14.7 Å². The number of aliphatic carboxylic acids is 1. The number of rotatable bonds is 5. The summed E-state index contributed by atoms with van der Waals surface area (Å²) in [5.41, 5.74) is 0.525. The van der Waals surface area contributed by atoms with E-state index in [4.69, 9.17) is 5.11 Å². The van der Waals surface area contributed by atoms with Crippen LogP contribution in [0.2, 0.25) is 0 Å². The molecule has 0 aromatic carbocycles.